The van der Waals surface area contributed by atoms with Gasteiger partial charge in [0.25, 0.3) is 0 Å². The Hall–Kier alpha value is -3.91. The van der Waals surface area contributed by atoms with Crippen molar-refractivity contribution < 1.29 is 14.3 Å². The Kier molecular flexibility index (Phi) is 7.95. The number of hydrogen-bond acceptors (Lipinski definition) is 9. The summed E-state index contributed by atoms with van der Waals surface area (Å²) in [6.45, 7) is 2.51. The van der Waals surface area contributed by atoms with Gasteiger partial charge >= 0.3 is 6.09 Å². The predicted octanol–water partition coefficient (Wildman–Crippen LogP) is 5.38. The standard InChI is InChI=1S/C29H27ClN6O3S/c30-25-14-20(7-9-26(25)38-17-21-5-1-2-10-31-21)35-27-24-15-23(40-28(24)34-18-33-27)8-6-19-13-22(16-32-19)39-29(37)36-11-3-4-12-36/h1-2,5,7,9-10,14-15,18-19,22,32H,3-4,11-13,16-17H2,(H,33,34,35)/t19-,22+/m1/s1. The van der Waals surface area contributed by atoms with E-state index in [2.05, 4.69) is 37.4 Å². The summed E-state index contributed by atoms with van der Waals surface area (Å²) in [6.07, 6.45) is 5.65. The van der Waals surface area contributed by atoms with Crippen LogP contribution in [-0.2, 0) is 11.3 Å². The number of nitrogens with one attached hydrogen (secondary N) is 2. The Morgan fingerprint density at radius 2 is 2.08 bits per heavy atom. The van der Waals surface area contributed by atoms with E-state index in [1.807, 2.05) is 36.4 Å². The first-order chi connectivity index (χ1) is 19.6. The maximum Gasteiger partial charge on any atom is 0.410 e. The molecule has 2 atom stereocenters. The number of anilines is 2. The lowest BCUT2D eigenvalue weighted by molar-refractivity contribution is 0.0763. The van der Waals surface area contributed by atoms with Gasteiger partial charge in [-0.3, -0.25) is 10.3 Å². The molecule has 40 heavy (non-hydrogen) atoms. The fraction of sp³-hybridized carbons (Fsp3) is 0.310. The second-order valence-electron chi connectivity index (χ2n) is 9.60. The van der Waals surface area contributed by atoms with Gasteiger partial charge in [-0.1, -0.05) is 29.5 Å². The zero-order chi connectivity index (χ0) is 27.3. The van der Waals surface area contributed by atoms with E-state index in [1.54, 1.807) is 17.2 Å². The zero-order valence-electron chi connectivity index (χ0n) is 21.6. The van der Waals surface area contributed by atoms with Gasteiger partial charge in [0.2, 0.25) is 0 Å². The second-order valence-corrected chi connectivity index (χ2v) is 11.0. The third kappa shape index (κ3) is 6.28. The molecule has 0 unspecified atom stereocenters. The molecule has 2 aliphatic rings. The molecule has 2 saturated heterocycles. The van der Waals surface area contributed by atoms with Crippen LogP contribution in [0.1, 0.15) is 29.8 Å². The van der Waals surface area contributed by atoms with E-state index in [9.17, 15) is 4.79 Å². The number of rotatable bonds is 6. The summed E-state index contributed by atoms with van der Waals surface area (Å²) >= 11 is 8.00. The molecule has 1 amide bonds. The van der Waals surface area contributed by atoms with Gasteiger partial charge in [0.05, 0.1) is 27.0 Å². The van der Waals surface area contributed by atoms with E-state index >= 15 is 0 Å². The summed E-state index contributed by atoms with van der Waals surface area (Å²) in [6, 6.07) is 13.1. The minimum atomic E-state index is -0.214. The van der Waals surface area contributed by atoms with Crippen molar-refractivity contribution in [2.75, 3.05) is 25.0 Å². The van der Waals surface area contributed by atoms with Crippen molar-refractivity contribution in [2.24, 2.45) is 0 Å². The van der Waals surface area contributed by atoms with Crippen LogP contribution in [0.15, 0.2) is 55.0 Å². The highest BCUT2D eigenvalue weighted by molar-refractivity contribution is 7.19. The summed E-state index contributed by atoms with van der Waals surface area (Å²) in [4.78, 5) is 28.9. The summed E-state index contributed by atoms with van der Waals surface area (Å²) in [5, 5.41) is 8.04. The van der Waals surface area contributed by atoms with E-state index < -0.39 is 0 Å². The normalized spacial score (nSPS) is 18.4. The number of carbonyl (C=O) groups excluding carboxylic acids is 1. The quantitative estimate of drug-likeness (QED) is 0.296. The van der Waals surface area contributed by atoms with E-state index in [4.69, 9.17) is 21.1 Å². The molecule has 0 saturated carbocycles. The second kappa shape index (κ2) is 12.1. The minimum absolute atomic E-state index is 0.0363. The Balaban J connectivity index is 1.09. The van der Waals surface area contributed by atoms with Crippen molar-refractivity contribution in [3.63, 3.8) is 0 Å². The summed E-state index contributed by atoms with van der Waals surface area (Å²) < 4.78 is 11.5. The number of halogens is 1. The van der Waals surface area contributed by atoms with Crippen LogP contribution >= 0.6 is 22.9 Å². The number of hydrogen-bond donors (Lipinski definition) is 2. The van der Waals surface area contributed by atoms with Gasteiger partial charge in [0, 0.05) is 37.9 Å². The van der Waals surface area contributed by atoms with Gasteiger partial charge in [-0.05, 0) is 49.2 Å². The van der Waals surface area contributed by atoms with Gasteiger partial charge in [-0.15, -0.1) is 11.3 Å². The monoisotopic (exact) mass is 574 g/mol. The average molecular weight is 575 g/mol. The van der Waals surface area contributed by atoms with Crippen LogP contribution in [0.25, 0.3) is 10.2 Å². The maximum atomic E-state index is 12.3. The fourth-order valence-electron chi connectivity index (χ4n) is 4.66. The molecule has 2 aliphatic heterocycles. The van der Waals surface area contributed by atoms with Gasteiger partial charge in [0.1, 0.15) is 35.4 Å². The van der Waals surface area contributed by atoms with Gasteiger partial charge in [-0.2, -0.15) is 0 Å². The molecule has 0 aliphatic carbocycles. The lowest BCUT2D eigenvalue weighted by Gasteiger charge is -2.18. The van der Waals surface area contributed by atoms with Crippen molar-refractivity contribution in [1.82, 2.24) is 25.2 Å². The van der Waals surface area contributed by atoms with E-state index in [-0.39, 0.29) is 18.2 Å². The van der Waals surface area contributed by atoms with Crippen molar-refractivity contribution in [3.8, 4) is 17.6 Å². The molecule has 0 radical (unpaired) electrons. The van der Waals surface area contributed by atoms with Crippen molar-refractivity contribution in [1.29, 1.82) is 0 Å². The first-order valence-electron chi connectivity index (χ1n) is 13.1. The van der Waals surface area contributed by atoms with Crippen LogP contribution < -0.4 is 15.4 Å². The predicted molar refractivity (Wildman–Crippen MR) is 155 cm³/mol. The number of fused-ring (bicyclic) bond motifs is 1. The SMILES string of the molecule is O=C(O[C@@H]1CN[C@H](C#Cc2cc3c(Nc4ccc(OCc5ccccn5)c(Cl)c4)ncnc3s2)C1)N1CCCC1. The maximum absolute atomic E-state index is 12.3. The number of likely N-dealkylation sites (tertiary alicyclic amines) is 1. The molecular formula is C29H27ClN6O3S. The highest BCUT2D eigenvalue weighted by Crippen LogP contribution is 2.33. The molecule has 2 N–H and O–H groups in total. The highest BCUT2D eigenvalue weighted by Gasteiger charge is 2.28. The first kappa shape index (κ1) is 26.3. The molecule has 11 heteroatoms. The Bertz CT molecular complexity index is 1560. The molecule has 3 aromatic heterocycles. The zero-order valence-corrected chi connectivity index (χ0v) is 23.2. The summed E-state index contributed by atoms with van der Waals surface area (Å²) in [7, 11) is 0. The molecule has 2 fully saturated rings. The van der Waals surface area contributed by atoms with Crippen molar-refractivity contribution in [2.45, 2.75) is 38.0 Å². The third-order valence-corrected chi connectivity index (χ3v) is 7.97. The van der Waals surface area contributed by atoms with Crippen LogP contribution in [-0.4, -0.2) is 57.7 Å². The van der Waals surface area contributed by atoms with Crippen LogP contribution in [0.5, 0.6) is 5.75 Å². The molecule has 1 aromatic carbocycles. The number of ether oxygens (including phenoxy) is 2. The summed E-state index contributed by atoms with van der Waals surface area (Å²) in [5.74, 6) is 7.78. The lowest BCUT2D eigenvalue weighted by Crippen LogP contribution is -2.32. The molecule has 0 bridgehead atoms. The van der Waals surface area contributed by atoms with Gasteiger partial charge in [-0.25, -0.2) is 14.8 Å². The molecule has 204 valence electrons. The molecule has 0 spiro atoms. The van der Waals surface area contributed by atoms with E-state index in [0.717, 1.165) is 52.4 Å². The van der Waals surface area contributed by atoms with E-state index in [1.165, 1.54) is 17.7 Å². The minimum Gasteiger partial charge on any atom is -0.486 e. The van der Waals surface area contributed by atoms with Gasteiger partial charge in [0.15, 0.2) is 0 Å². The third-order valence-electron chi connectivity index (χ3n) is 6.72. The molecule has 9 nitrogen and oxygen atoms in total. The van der Waals surface area contributed by atoms with E-state index in [0.29, 0.717) is 36.2 Å². The Morgan fingerprint density at radius 1 is 1.18 bits per heavy atom. The number of nitrogens with zero attached hydrogens (tertiary/aromatic N) is 4. The van der Waals surface area contributed by atoms with Crippen LogP contribution in [0.2, 0.25) is 5.02 Å². The Labute approximate surface area is 240 Å². The lowest BCUT2D eigenvalue weighted by atomic mass is 10.2. The summed E-state index contributed by atoms with van der Waals surface area (Å²) in [5.41, 5.74) is 1.60. The fourth-order valence-corrected chi connectivity index (χ4v) is 5.76. The Morgan fingerprint density at radius 3 is 2.90 bits per heavy atom. The van der Waals surface area contributed by atoms with Crippen LogP contribution in [0.4, 0.5) is 16.3 Å². The number of aromatic nitrogens is 3. The average Bonchev–Trinajstić information content (AvgIpc) is 3.74. The van der Waals surface area contributed by atoms with Crippen LogP contribution in [0.3, 0.4) is 0 Å². The molecule has 5 heterocycles. The smallest absolute Gasteiger partial charge is 0.410 e. The highest BCUT2D eigenvalue weighted by atomic mass is 35.5. The van der Waals surface area contributed by atoms with Crippen molar-refractivity contribution >= 4 is 50.8 Å². The molecule has 4 aromatic rings. The number of amides is 1. The number of carbonyl (C=O) groups is 1. The molecule has 6 rings (SSSR count). The largest absolute Gasteiger partial charge is 0.486 e. The first-order valence-corrected chi connectivity index (χ1v) is 14.3. The number of thiophene rings is 1. The van der Waals surface area contributed by atoms with Gasteiger partial charge < -0.3 is 19.7 Å². The van der Waals surface area contributed by atoms with Crippen molar-refractivity contribution in [3.05, 3.63) is 70.6 Å². The number of pyridine rings is 1. The number of benzene rings is 1. The van der Waals surface area contributed by atoms with Crippen LogP contribution in [0, 0.1) is 11.8 Å². The topological polar surface area (TPSA) is 102 Å². The molecular weight excluding hydrogens is 548 g/mol.